The Balaban J connectivity index is 2.48. The van der Waals surface area contributed by atoms with Gasteiger partial charge in [-0.05, 0) is 39.3 Å². The monoisotopic (exact) mass is 285 g/mol. The van der Waals surface area contributed by atoms with E-state index in [-0.39, 0.29) is 12.3 Å². The van der Waals surface area contributed by atoms with E-state index in [1.165, 1.54) is 0 Å². The van der Waals surface area contributed by atoms with Crippen LogP contribution in [0.15, 0.2) is 24.3 Å². The Morgan fingerprint density at radius 1 is 1.38 bits per heavy atom. The standard InChI is InChI=1S/C17H19NO3/c1-6-11-17(5)12-9-7-8-10-13(12)18(14(17)19)15(20)21-16(2,3)4/h1,7-10H,11H2,2-5H3/t17-/m1/s1. The molecule has 0 aliphatic carbocycles. The molecule has 1 heterocycles. The largest absolute Gasteiger partial charge is 0.443 e. The molecule has 0 fully saturated rings. The van der Waals surface area contributed by atoms with Crippen molar-refractivity contribution in [1.29, 1.82) is 0 Å². The number of hydrogen-bond acceptors (Lipinski definition) is 3. The molecule has 4 nitrogen and oxygen atoms in total. The Kier molecular flexibility index (Phi) is 3.54. The van der Waals surface area contributed by atoms with Gasteiger partial charge in [-0.25, -0.2) is 9.69 Å². The first-order chi connectivity index (χ1) is 9.70. The number of nitrogens with zero attached hydrogens (tertiary/aromatic N) is 1. The summed E-state index contributed by atoms with van der Waals surface area (Å²) in [6.45, 7) is 7.05. The van der Waals surface area contributed by atoms with Crippen molar-refractivity contribution >= 4 is 17.7 Å². The second-order valence-corrected chi connectivity index (χ2v) is 6.35. The average molecular weight is 285 g/mol. The number of terminal acetylenes is 1. The van der Waals surface area contributed by atoms with Crippen LogP contribution in [-0.2, 0) is 14.9 Å². The predicted molar refractivity (Wildman–Crippen MR) is 81.0 cm³/mol. The van der Waals surface area contributed by atoms with Crippen molar-refractivity contribution < 1.29 is 14.3 Å². The summed E-state index contributed by atoms with van der Waals surface area (Å²) < 4.78 is 5.33. The van der Waals surface area contributed by atoms with Crippen LogP contribution in [0.1, 0.15) is 39.7 Å². The zero-order chi connectivity index (χ0) is 15.8. The molecule has 0 aromatic heterocycles. The summed E-state index contributed by atoms with van der Waals surface area (Å²) in [4.78, 5) is 26.2. The van der Waals surface area contributed by atoms with E-state index in [0.29, 0.717) is 5.69 Å². The summed E-state index contributed by atoms with van der Waals surface area (Å²) >= 11 is 0. The van der Waals surface area contributed by atoms with E-state index in [1.807, 2.05) is 12.1 Å². The number of fused-ring (bicyclic) bond motifs is 1. The van der Waals surface area contributed by atoms with E-state index in [1.54, 1.807) is 39.8 Å². The van der Waals surface area contributed by atoms with Crippen molar-refractivity contribution in [1.82, 2.24) is 0 Å². The molecule has 4 heteroatoms. The quantitative estimate of drug-likeness (QED) is 0.744. The third kappa shape index (κ3) is 2.52. The summed E-state index contributed by atoms with van der Waals surface area (Å²) in [5.74, 6) is 2.19. The molecule has 2 amide bonds. The van der Waals surface area contributed by atoms with Gasteiger partial charge in [0, 0.05) is 6.42 Å². The topological polar surface area (TPSA) is 46.6 Å². The van der Waals surface area contributed by atoms with E-state index in [4.69, 9.17) is 11.2 Å². The fraction of sp³-hybridized carbons (Fsp3) is 0.412. The molecular weight excluding hydrogens is 266 g/mol. The molecule has 0 spiro atoms. The highest BCUT2D eigenvalue weighted by molar-refractivity contribution is 6.21. The number of carbonyl (C=O) groups is 2. The number of imide groups is 1. The zero-order valence-corrected chi connectivity index (χ0v) is 12.8. The van der Waals surface area contributed by atoms with Crippen LogP contribution in [-0.4, -0.2) is 17.6 Å². The fourth-order valence-electron chi connectivity index (χ4n) is 2.47. The van der Waals surface area contributed by atoms with Crippen LogP contribution in [0.2, 0.25) is 0 Å². The average Bonchev–Trinajstić information content (AvgIpc) is 2.58. The van der Waals surface area contributed by atoms with Gasteiger partial charge >= 0.3 is 6.09 Å². The van der Waals surface area contributed by atoms with Crippen molar-refractivity contribution in [2.24, 2.45) is 0 Å². The summed E-state index contributed by atoms with van der Waals surface area (Å²) in [6, 6.07) is 7.18. The highest BCUT2D eigenvalue weighted by Crippen LogP contribution is 2.44. The van der Waals surface area contributed by atoms with Gasteiger partial charge in [0.25, 0.3) is 0 Å². The molecule has 0 bridgehead atoms. The number of benzene rings is 1. The third-order valence-corrected chi connectivity index (χ3v) is 3.45. The number of anilines is 1. The number of para-hydroxylation sites is 1. The van der Waals surface area contributed by atoms with Crippen LogP contribution < -0.4 is 4.90 Å². The maximum absolute atomic E-state index is 12.7. The first-order valence-corrected chi connectivity index (χ1v) is 6.81. The molecule has 1 aromatic carbocycles. The van der Waals surface area contributed by atoms with Crippen molar-refractivity contribution in [3.05, 3.63) is 29.8 Å². The Hall–Kier alpha value is -2.28. The van der Waals surface area contributed by atoms with Gasteiger partial charge in [0.2, 0.25) is 5.91 Å². The summed E-state index contributed by atoms with van der Waals surface area (Å²) in [5.41, 5.74) is -0.243. The van der Waals surface area contributed by atoms with E-state index in [2.05, 4.69) is 5.92 Å². The third-order valence-electron chi connectivity index (χ3n) is 3.45. The maximum atomic E-state index is 12.7. The predicted octanol–water partition coefficient (Wildman–Crippen LogP) is 3.25. The van der Waals surface area contributed by atoms with Crippen molar-refractivity contribution in [3.8, 4) is 12.3 Å². The second-order valence-electron chi connectivity index (χ2n) is 6.35. The Morgan fingerprint density at radius 3 is 2.57 bits per heavy atom. The minimum atomic E-state index is -0.887. The smallest absolute Gasteiger partial charge is 0.421 e. The van der Waals surface area contributed by atoms with Gasteiger partial charge in [-0.15, -0.1) is 12.3 Å². The van der Waals surface area contributed by atoms with Crippen molar-refractivity contribution in [3.63, 3.8) is 0 Å². The van der Waals surface area contributed by atoms with Crippen molar-refractivity contribution in [2.75, 3.05) is 4.90 Å². The maximum Gasteiger partial charge on any atom is 0.421 e. The van der Waals surface area contributed by atoms with Crippen LogP contribution in [0.3, 0.4) is 0 Å². The SMILES string of the molecule is C#CC[C@@]1(C)C(=O)N(C(=O)OC(C)(C)C)c2ccccc21. The minimum Gasteiger partial charge on any atom is -0.443 e. The van der Waals surface area contributed by atoms with Gasteiger partial charge in [-0.3, -0.25) is 4.79 Å². The lowest BCUT2D eigenvalue weighted by atomic mass is 9.81. The molecular formula is C17H19NO3. The fourth-order valence-corrected chi connectivity index (χ4v) is 2.47. The molecule has 1 aromatic rings. The number of carbonyl (C=O) groups excluding carboxylic acids is 2. The molecule has 21 heavy (non-hydrogen) atoms. The molecule has 1 aliphatic heterocycles. The first kappa shape index (κ1) is 15.1. The Labute approximate surface area is 125 Å². The number of rotatable bonds is 1. The lowest BCUT2D eigenvalue weighted by molar-refractivity contribution is -0.122. The molecule has 0 N–H and O–H groups in total. The molecule has 0 saturated heterocycles. The van der Waals surface area contributed by atoms with Crippen molar-refractivity contribution in [2.45, 2.75) is 45.1 Å². The summed E-state index contributed by atoms with van der Waals surface area (Å²) in [6.07, 6.45) is 4.97. The summed E-state index contributed by atoms with van der Waals surface area (Å²) in [5, 5.41) is 0. The van der Waals surface area contributed by atoms with Crippen LogP contribution >= 0.6 is 0 Å². The molecule has 1 atom stereocenters. The van der Waals surface area contributed by atoms with E-state index in [9.17, 15) is 9.59 Å². The molecule has 0 unspecified atom stereocenters. The van der Waals surface area contributed by atoms with Crippen LogP contribution in [0.5, 0.6) is 0 Å². The van der Waals surface area contributed by atoms with Gasteiger partial charge < -0.3 is 4.74 Å². The number of ether oxygens (including phenoxy) is 1. The zero-order valence-electron chi connectivity index (χ0n) is 12.8. The second kappa shape index (κ2) is 4.92. The van der Waals surface area contributed by atoms with Crippen LogP contribution in [0, 0.1) is 12.3 Å². The van der Waals surface area contributed by atoms with Crippen LogP contribution in [0.4, 0.5) is 10.5 Å². The normalized spacial score (nSPS) is 20.9. The van der Waals surface area contributed by atoms with Gasteiger partial charge in [-0.2, -0.15) is 0 Å². The first-order valence-electron chi connectivity index (χ1n) is 6.81. The molecule has 1 aliphatic rings. The lowest BCUT2D eigenvalue weighted by Crippen LogP contribution is -2.44. The van der Waals surface area contributed by atoms with E-state index in [0.717, 1.165) is 10.5 Å². The Morgan fingerprint density at radius 2 is 2.00 bits per heavy atom. The lowest BCUT2D eigenvalue weighted by Gasteiger charge is -2.25. The minimum absolute atomic E-state index is 0.238. The van der Waals surface area contributed by atoms with Gasteiger partial charge in [0.1, 0.15) is 5.60 Å². The molecule has 0 saturated carbocycles. The van der Waals surface area contributed by atoms with Crippen LogP contribution in [0.25, 0.3) is 0 Å². The highest BCUT2D eigenvalue weighted by Gasteiger charge is 2.50. The highest BCUT2D eigenvalue weighted by atomic mass is 16.6. The van der Waals surface area contributed by atoms with Gasteiger partial charge in [0.15, 0.2) is 0 Å². The van der Waals surface area contributed by atoms with E-state index < -0.39 is 17.1 Å². The van der Waals surface area contributed by atoms with Gasteiger partial charge in [0.05, 0.1) is 11.1 Å². The summed E-state index contributed by atoms with van der Waals surface area (Å²) in [7, 11) is 0. The van der Waals surface area contributed by atoms with Gasteiger partial charge in [-0.1, -0.05) is 18.2 Å². The van der Waals surface area contributed by atoms with E-state index >= 15 is 0 Å². The molecule has 0 radical (unpaired) electrons. The Bertz CT molecular complexity index is 636. The number of amides is 2. The number of hydrogen-bond donors (Lipinski definition) is 0. The molecule has 110 valence electrons. The molecule has 2 rings (SSSR count).